The quantitative estimate of drug-likeness (QED) is 0.595. The fraction of sp³-hybridized carbons (Fsp3) is 0.190. The Morgan fingerprint density at radius 2 is 1.79 bits per heavy atom. The Morgan fingerprint density at radius 1 is 1.00 bits per heavy atom. The number of aromatic nitrogens is 4. The van der Waals surface area contributed by atoms with E-state index in [0.717, 1.165) is 22.5 Å². The Balaban J connectivity index is 1.60. The molecule has 0 amide bonds. The molecule has 0 unspecified atom stereocenters. The van der Waals surface area contributed by atoms with Crippen molar-refractivity contribution in [3.8, 4) is 5.69 Å². The second-order valence-corrected chi connectivity index (χ2v) is 6.94. The van der Waals surface area contributed by atoms with Crippen molar-refractivity contribution in [1.82, 2.24) is 19.7 Å². The Hall–Kier alpha value is -3.32. The molecule has 3 heterocycles. The van der Waals surface area contributed by atoms with Gasteiger partial charge in [-0.25, -0.2) is 19.0 Å². The second kappa shape index (κ2) is 6.69. The average molecular weight is 375 g/mol. The lowest BCUT2D eigenvalue weighted by molar-refractivity contribution is 0.194. The fourth-order valence-corrected chi connectivity index (χ4v) is 3.87. The van der Waals surface area contributed by atoms with E-state index in [9.17, 15) is 9.50 Å². The van der Waals surface area contributed by atoms with Gasteiger partial charge in [-0.2, -0.15) is 5.10 Å². The number of halogens is 1. The number of anilines is 1. The first-order chi connectivity index (χ1) is 13.7. The molecule has 0 bridgehead atoms. The van der Waals surface area contributed by atoms with E-state index in [1.807, 2.05) is 30.3 Å². The van der Waals surface area contributed by atoms with E-state index in [1.165, 1.54) is 18.5 Å². The van der Waals surface area contributed by atoms with E-state index >= 15 is 0 Å². The van der Waals surface area contributed by atoms with Crippen LogP contribution in [0.3, 0.4) is 0 Å². The average Bonchev–Trinajstić information content (AvgIpc) is 3.33. The van der Waals surface area contributed by atoms with Gasteiger partial charge in [-0.05, 0) is 36.2 Å². The number of aliphatic hydroxyl groups is 1. The van der Waals surface area contributed by atoms with Crippen molar-refractivity contribution in [3.05, 3.63) is 78.5 Å². The normalized spacial score (nSPS) is 19.4. The maximum Gasteiger partial charge on any atom is 0.168 e. The third-order valence-corrected chi connectivity index (χ3v) is 5.15. The number of aliphatic hydroxyl groups excluding tert-OH is 1. The third-order valence-electron chi connectivity index (χ3n) is 5.15. The maximum atomic E-state index is 13.3. The molecular weight excluding hydrogens is 357 g/mol. The van der Waals surface area contributed by atoms with E-state index in [1.54, 1.807) is 23.0 Å². The van der Waals surface area contributed by atoms with Crippen LogP contribution in [-0.4, -0.2) is 37.5 Å². The highest BCUT2D eigenvalue weighted by Crippen LogP contribution is 2.38. The van der Waals surface area contributed by atoms with Crippen LogP contribution in [0, 0.1) is 5.82 Å². The molecule has 6 nitrogen and oxygen atoms in total. The Kier molecular flexibility index (Phi) is 4.02. The largest absolute Gasteiger partial charge is 0.391 e. The minimum atomic E-state index is -0.482. The van der Waals surface area contributed by atoms with Crippen LogP contribution in [0.25, 0.3) is 16.7 Å². The van der Waals surface area contributed by atoms with Crippen LogP contribution in [0.1, 0.15) is 18.0 Å². The van der Waals surface area contributed by atoms with Crippen molar-refractivity contribution in [2.24, 2.45) is 0 Å². The van der Waals surface area contributed by atoms with Gasteiger partial charge in [0.15, 0.2) is 5.65 Å². The lowest BCUT2D eigenvalue weighted by Gasteiger charge is -2.26. The van der Waals surface area contributed by atoms with Gasteiger partial charge in [0.25, 0.3) is 0 Å². The van der Waals surface area contributed by atoms with Crippen molar-refractivity contribution in [3.63, 3.8) is 0 Å². The molecule has 7 heteroatoms. The number of para-hydroxylation sites is 1. The van der Waals surface area contributed by atoms with Crippen molar-refractivity contribution in [1.29, 1.82) is 0 Å². The Morgan fingerprint density at radius 3 is 2.57 bits per heavy atom. The molecule has 0 aliphatic carbocycles. The lowest BCUT2D eigenvalue weighted by atomic mass is 10.0. The maximum absolute atomic E-state index is 13.3. The molecule has 1 N–H and O–H groups in total. The Labute approximate surface area is 160 Å². The van der Waals surface area contributed by atoms with Crippen molar-refractivity contribution >= 4 is 16.9 Å². The topological polar surface area (TPSA) is 67.1 Å². The van der Waals surface area contributed by atoms with Crippen molar-refractivity contribution in [2.75, 3.05) is 11.4 Å². The second-order valence-electron chi connectivity index (χ2n) is 6.94. The number of fused-ring (bicyclic) bond motifs is 1. The summed E-state index contributed by atoms with van der Waals surface area (Å²) in [5.41, 5.74) is 2.56. The third kappa shape index (κ3) is 2.80. The van der Waals surface area contributed by atoms with Crippen LogP contribution in [0.5, 0.6) is 0 Å². The van der Waals surface area contributed by atoms with Crippen LogP contribution in [0.2, 0.25) is 0 Å². The first kappa shape index (κ1) is 16.8. The molecule has 1 fully saturated rings. The minimum Gasteiger partial charge on any atom is -0.391 e. The Bertz CT molecular complexity index is 1110. The number of rotatable bonds is 3. The van der Waals surface area contributed by atoms with Crippen LogP contribution >= 0.6 is 0 Å². The van der Waals surface area contributed by atoms with Gasteiger partial charge in [0.2, 0.25) is 0 Å². The van der Waals surface area contributed by atoms with Crippen LogP contribution in [0.4, 0.5) is 10.2 Å². The minimum absolute atomic E-state index is 0.0891. The van der Waals surface area contributed by atoms with Gasteiger partial charge in [0.1, 0.15) is 18.0 Å². The first-order valence-corrected chi connectivity index (χ1v) is 9.15. The molecule has 2 aromatic heterocycles. The molecule has 2 atom stereocenters. The fourth-order valence-electron chi connectivity index (χ4n) is 3.87. The summed E-state index contributed by atoms with van der Waals surface area (Å²) in [4.78, 5) is 11.0. The van der Waals surface area contributed by atoms with Gasteiger partial charge >= 0.3 is 0 Å². The van der Waals surface area contributed by atoms with Crippen LogP contribution < -0.4 is 4.90 Å². The molecule has 28 heavy (non-hydrogen) atoms. The summed E-state index contributed by atoms with van der Waals surface area (Å²) >= 11 is 0. The summed E-state index contributed by atoms with van der Waals surface area (Å²) in [5.74, 6) is 0.445. The number of nitrogens with zero attached hydrogens (tertiary/aromatic N) is 5. The SMILES string of the molecule is O[C@H]1C[C@@H](c2ccc(F)cc2)N(c2ncnc3c2cnn3-c2ccccc2)C1. The molecule has 0 saturated carbocycles. The summed E-state index contributed by atoms with van der Waals surface area (Å²) in [7, 11) is 0. The summed E-state index contributed by atoms with van der Waals surface area (Å²) in [6.07, 6.45) is 3.35. The smallest absolute Gasteiger partial charge is 0.168 e. The van der Waals surface area contributed by atoms with Crippen LogP contribution in [0.15, 0.2) is 67.1 Å². The predicted molar refractivity (Wildman–Crippen MR) is 104 cm³/mol. The zero-order valence-corrected chi connectivity index (χ0v) is 15.0. The number of hydrogen-bond donors (Lipinski definition) is 1. The van der Waals surface area contributed by atoms with E-state index in [0.29, 0.717) is 18.6 Å². The summed E-state index contributed by atoms with van der Waals surface area (Å²) in [5, 5.41) is 15.6. The number of β-amino-alcohol motifs (C(OH)–C–C–N with tert-alkyl or cyclic N) is 1. The van der Waals surface area contributed by atoms with E-state index in [-0.39, 0.29) is 11.9 Å². The number of hydrogen-bond acceptors (Lipinski definition) is 5. The molecule has 0 spiro atoms. The molecular formula is C21H18FN5O. The van der Waals surface area contributed by atoms with Gasteiger partial charge in [0, 0.05) is 6.54 Å². The summed E-state index contributed by atoms with van der Waals surface area (Å²) < 4.78 is 15.1. The molecule has 1 aliphatic rings. The highest BCUT2D eigenvalue weighted by molar-refractivity contribution is 5.88. The molecule has 140 valence electrons. The van der Waals surface area contributed by atoms with Crippen LogP contribution in [-0.2, 0) is 0 Å². The van der Waals surface area contributed by atoms with Crippen molar-refractivity contribution in [2.45, 2.75) is 18.6 Å². The zero-order chi connectivity index (χ0) is 19.1. The monoisotopic (exact) mass is 375 g/mol. The van der Waals surface area contributed by atoms with Gasteiger partial charge < -0.3 is 10.0 Å². The number of benzene rings is 2. The molecule has 4 aromatic rings. The molecule has 0 radical (unpaired) electrons. The van der Waals surface area contributed by atoms with Crippen molar-refractivity contribution < 1.29 is 9.50 Å². The highest BCUT2D eigenvalue weighted by Gasteiger charge is 2.34. The van der Waals surface area contributed by atoms with E-state index in [4.69, 9.17) is 0 Å². The molecule has 1 saturated heterocycles. The van der Waals surface area contributed by atoms with E-state index in [2.05, 4.69) is 20.0 Å². The molecule has 1 aliphatic heterocycles. The van der Waals surface area contributed by atoms with Gasteiger partial charge in [-0.3, -0.25) is 0 Å². The summed E-state index contributed by atoms with van der Waals surface area (Å²) in [6.45, 7) is 0.449. The van der Waals surface area contributed by atoms with Gasteiger partial charge in [-0.1, -0.05) is 30.3 Å². The standard InChI is InChI=1S/C21H18FN5O/c22-15-8-6-14(7-9-15)19-10-17(28)12-26(19)20-18-11-25-27(21(18)24-13-23-20)16-4-2-1-3-5-16/h1-9,11,13,17,19,28H,10,12H2/t17-,19-/m0/s1. The highest BCUT2D eigenvalue weighted by atomic mass is 19.1. The summed E-state index contributed by atoms with van der Waals surface area (Å²) in [6, 6.07) is 16.1. The van der Waals surface area contributed by atoms with Gasteiger partial charge in [-0.15, -0.1) is 0 Å². The molecule has 2 aromatic carbocycles. The van der Waals surface area contributed by atoms with Gasteiger partial charge in [0.05, 0.1) is 29.4 Å². The predicted octanol–water partition coefficient (Wildman–Crippen LogP) is 3.27. The zero-order valence-electron chi connectivity index (χ0n) is 15.0. The first-order valence-electron chi connectivity index (χ1n) is 9.15. The lowest BCUT2D eigenvalue weighted by Crippen LogP contribution is -2.25. The molecule has 5 rings (SSSR count). The van der Waals surface area contributed by atoms with E-state index < -0.39 is 6.10 Å².